The first-order chi connectivity index (χ1) is 11.8. The van der Waals surface area contributed by atoms with E-state index in [4.69, 9.17) is 4.98 Å². The standard InChI is InChI=1S/C18H20N4S2/c1-14(16-7-12-23-13-16)21-8-10-22(11-9-21)18-19-17(20-24-18)15-5-3-2-4-6-15/h2-7,12-14H,8-11H2,1H3. The van der Waals surface area contributed by atoms with Crippen molar-refractivity contribution in [3.63, 3.8) is 0 Å². The molecule has 0 radical (unpaired) electrons. The minimum atomic E-state index is 0.493. The number of piperazine rings is 1. The van der Waals surface area contributed by atoms with Crippen molar-refractivity contribution >= 4 is 28.0 Å². The van der Waals surface area contributed by atoms with E-state index < -0.39 is 0 Å². The van der Waals surface area contributed by atoms with Gasteiger partial charge in [-0.25, -0.2) is 0 Å². The van der Waals surface area contributed by atoms with E-state index >= 15 is 0 Å². The Hall–Kier alpha value is -1.76. The monoisotopic (exact) mass is 356 g/mol. The number of hydrogen-bond donors (Lipinski definition) is 0. The van der Waals surface area contributed by atoms with Crippen molar-refractivity contribution in [2.75, 3.05) is 31.1 Å². The summed E-state index contributed by atoms with van der Waals surface area (Å²) in [5, 5.41) is 5.46. The third kappa shape index (κ3) is 3.22. The van der Waals surface area contributed by atoms with Gasteiger partial charge in [-0.1, -0.05) is 30.3 Å². The molecule has 1 aliphatic heterocycles. The number of benzene rings is 1. The Bertz CT molecular complexity index is 761. The van der Waals surface area contributed by atoms with Crippen LogP contribution in [0.1, 0.15) is 18.5 Å². The number of nitrogens with zero attached hydrogens (tertiary/aromatic N) is 4. The van der Waals surface area contributed by atoms with E-state index in [-0.39, 0.29) is 0 Å². The molecule has 1 fully saturated rings. The van der Waals surface area contributed by atoms with Gasteiger partial charge >= 0.3 is 0 Å². The van der Waals surface area contributed by atoms with Crippen LogP contribution in [-0.4, -0.2) is 40.4 Å². The third-order valence-corrected chi connectivity index (χ3v) is 6.08. The summed E-state index contributed by atoms with van der Waals surface area (Å²) in [5.74, 6) is 0.838. The summed E-state index contributed by atoms with van der Waals surface area (Å²) in [4.78, 5) is 9.66. The van der Waals surface area contributed by atoms with Crippen molar-refractivity contribution in [2.45, 2.75) is 13.0 Å². The maximum absolute atomic E-state index is 4.74. The van der Waals surface area contributed by atoms with E-state index in [1.165, 1.54) is 17.1 Å². The van der Waals surface area contributed by atoms with E-state index in [9.17, 15) is 0 Å². The zero-order valence-electron chi connectivity index (χ0n) is 13.6. The van der Waals surface area contributed by atoms with Crippen LogP contribution in [0.4, 0.5) is 5.13 Å². The van der Waals surface area contributed by atoms with Gasteiger partial charge < -0.3 is 4.90 Å². The molecule has 4 nitrogen and oxygen atoms in total. The first-order valence-electron chi connectivity index (χ1n) is 8.21. The van der Waals surface area contributed by atoms with Gasteiger partial charge in [-0.2, -0.15) is 20.7 Å². The van der Waals surface area contributed by atoms with Crippen LogP contribution in [0.3, 0.4) is 0 Å². The lowest BCUT2D eigenvalue weighted by Gasteiger charge is -2.37. The molecule has 3 heterocycles. The van der Waals surface area contributed by atoms with E-state index in [0.717, 1.165) is 42.7 Å². The highest BCUT2D eigenvalue weighted by molar-refractivity contribution is 7.09. The molecule has 4 rings (SSSR count). The van der Waals surface area contributed by atoms with Crippen molar-refractivity contribution in [1.82, 2.24) is 14.3 Å². The molecule has 2 aromatic heterocycles. The third-order valence-electron chi connectivity index (χ3n) is 4.61. The minimum absolute atomic E-state index is 0.493. The predicted octanol–water partition coefficient (Wildman–Crippen LogP) is 4.15. The molecule has 0 amide bonds. The molecule has 0 bridgehead atoms. The minimum Gasteiger partial charge on any atom is -0.344 e. The molecular formula is C18H20N4S2. The van der Waals surface area contributed by atoms with Gasteiger partial charge in [0.15, 0.2) is 5.82 Å². The molecule has 0 spiro atoms. The Morgan fingerprint density at radius 3 is 2.54 bits per heavy atom. The van der Waals surface area contributed by atoms with Gasteiger partial charge in [-0.3, -0.25) is 4.90 Å². The number of thiophene rings is 1. The lowest BCUT2D eigenvalue weighted by Crippen LogP contribution is -2.47. The van der Waals surface area contributed by atoms with Gasteiger partial charge in [-0.15, -0.1) is 0 Å². The summed E-state index contributed by atoms with van der Waals surface area (Å²) in [6.45, 7) is 6.46. The largest absolute Gasteiger partial charge is 0.344 e. The summed E-state index contributed by atoms with van der Waals surface area (Å²) in [6.07, 6.45) is 0. The fourth-order valence-electron chi connectivity index (χ4n) is 3.07. The lowest BCUT2D eigenvalue weighted by molar-refractivity contribution is 0.199. The molecule has 0 saturated carbocycles. The van der Waals surface area contributed by atoms with Crippen molar-refractivity contribution in [3.05, 3.63) is 52.7 Å². The predicted molar refractivity (Wildman–Crippen MR) is 102 cm³/mol. The van der Waals surface area contributed by atoms with Crippen LogP contribution in [0.25, 0.3) is 11.4 Å². The molecule has 3 aromatic rings. The molecule has 1 saturated heterocycles. The zero-order chi connectivity index (χ0) is 16.4. The highest BCUT2D eigenvalue weighted by Crippen LogP contribution is 2.27. The highest BCUT2D eigenvalue weighted by atomic mass is 32.1. The average molecular weight is 357 g/mol. The van der Waals surface area contributed by atoms with Crippen LogP contribution in [-0.2, 0) is 0 Å². The number of anilines is 1. The van der Waals surface area contributed by atoms with E-state index in [1.807, 2.05) is 18.2 Å². The van der Waals surface area contributed by atoms with Crippen molar-refractivity contribution < 1.29 is 0 Å². The maximum Gasteiger partial charge on any atom is 0.205 e. The molecular weight excluding hydrogens is 336 g/mol. The summed E-state index contributed by atoms with van der Waals surface area (Å²) >= 11 is 3.28. The Kier molecular flexibility index (Phi) is 4.60. The average Bonchev–Trinajstić information content (AvgIpc) is 3.34. The number of hydrogen-bond acceptors (Lipinski definition) is 6. The molecule has 1 atom stereocenters. The van der Waals surface area contributed by atoms with Crippen molar-refractivity contribution in [3.8, 4) is 11.4 Å². The van der Waals surface area contributed by atoms with Crippen molar-refractivity contribution in [1.29, 1.82) is 0 Å². The van der Waals surface area contributed by atoms with E-state index in [1.54, 1.807) is 11.3 Å². The molecule has 1 aliphatic rings. The Morgan fingerprint density at radius 1 is 1.04 bits per heavy atom. The van der Waals surface area contributed by atoms with Gasteiger partial charge in [0.2, 0.25) is 5.13 Å². The first kappa shape index (κ1) is 15.7. The molecule has 1 unspecified atom stereocenters. The van der Waals surface area contributed by atoms with Gasteiger partial charge in [-0.05, 0) is 29.3 Å². The van der Waals surface area contributed by atoms with Crippen LogP contribution in [0.15, 0.2) is 47.2 Å². The highest BCUT2D eigenvalue weighted by Gasteiger charge is 2.24. The molecule has 0 aliphatic carbocycles. The second-order valence-corrected chi connectivity index (χ2v) is 7.53. The van der Waals surface area contributed by atoms with Crippen LogP contribution in [0, 0.1) is 0 Å². The lowest BCUT2D eigenvalue weighted by atomic mass is 10.1. The summed E-state index contributed by atoms with van der Waals surface area (Å²) in [7, 11) is 0. The number of rotatable bonds is 4. The summed E-state index contributed by atoms with van der Waals surface area (Å²) < 4.78 is 4.53. The first-order valence-corrected chi connectivity index (χ1v) is 9.93. The van der Waals surface area contributed by atoms with E-state index in [2.05, 4.69) is 50.1 Å². The van der Waals surface area contributed by atoms with Gasteiger partial charge in [0, 0.05) is 49.3 Å². The second kappa shape index (κ2) is 7.01. The second-order valence-electron chi connectivity index (χ2n) is 6.02. The quantitative estimate of drug-likeness (QED) is 0.703. The summed E-state index contributed by atoms with van der Waals surface area (Å²) in [6, 6.07) is 12.9. The smallest absolute Gasteiger partial charge is 0.205 e. The summed E-state index contributed by atoms with van der Waals surface area (Å²) in [5.41, 5.74) is 2.51. The van der Waals surface area contributed by atoms with Crippen LogP contribution in [0.2, 0.25) is 0 Å². The van der Waals surface area contributed by atoms with Crippen molar-refractivity contribution in [2.24, 2.45) is 0 Å². The Labute approximate surface area is 150 Å². The molecule has 124 valence electrons. The Morgan fingerprint density at radius 2 is 1.83 bits per heavy atom. The van der Waals surface area contributed by atoms with Gasteiger partial charge in [0.1, 0.15) is 0 Å². The normalized spacial score (nSPS) is 17.1. The Balaban J connectivity index is 1.40. The van der Waals surface area contributed by atoms with Crippen LogP contribution >= 0.6 is 22.9 Å². The molecule has 1 aromatic carbocycles. The fraction of sp³-hybridized carbons (Fsp3) is 0.333. The van der Waals surface area contributed by atoms with Gasteiger partial charge in [0.05, 0.1) is 0 Å². The SMILES string of the molecule is CC(c1ccsc1)N1CCN(c2nc(-c3ccccc3)ns2)CC1. The molecule has 24 heavy (non-hydrogen) atoms. The van der Waals surface area contributed by atoms with E-state index in [0.29, 0.717) is 6.04 Å². The zero-order valence-corrected chi connectivity index (χ0v) is 15.3. The number of aromatic nitrogens is 2. The maximum atomic E-state index is 4.74. The topological polar surface area (TPSA) is 32.3 Å². The van der Waals surface area contributed by atoms with Crippen LogP contribution < -0.4 is 4.90 Å². The molecule has 6 heteroatoms. The van der Waals surface area contributed by atoms with Gasteiger partial charge in [0.25, 0.3) is 0 Å². The fourth-order valence-corrected chi connectivity index (χ4v) is 4.56. The van der Waals surface area contributed by atoms with Crippen LogP contribution in [0.5, 0.6) is 0 Å². The molecule has 0 N–H and O–H groups in total.